The highest BCUT2D eigenvalue weighted by molar-refractivity contribution is 9.10. The van der Waals surface area contributed by atoms with Crippen LogP contribution >= 0.6 is 62.1 Å². The molecule has 9 heteroatoms. The summed E-state index contributed by atoms with van der Waals surface area (Å²) in [4.78, 5) is 26.8. The lowest BCUT2D eigenvalue weighted by Crippen LogP contribution is -2.47. The average Bonchev–Trinajstić information content (AvgIpc) is 2.81. The van der Waals surface area contributed by atoms with Crippen LogP contribution in [-0.2, 0) is 9.59 Å². The number of rotatable bonds is 3. The highest BCUT2D eigenvalue weighted by atomic mass is 79.9. The van der Waals surface area contributed by atoms with E-state index in [0.29, 0.717) is 13.0 Å². The molecule has 1 aliphatic heterocycles. The molecule has 2 aliphatic rings. The second-order valence-electron chi connectivity index (χ2n) is 5.50. The predicted octanol–water partition coefficient (Wildman–Crippen LogP) is 3.63. The molecule has 1 aromatic heterocycles. The summed E-state index contributed by atoms with van der Waals surface area (Å²) in [7, 11) is 1.57. The maximum absolute atomic E-state index is 12.6. The summed E-state index contributed by atoms with van der Waals surface area (Å²) >= 11 is 22.9. The molecule has 2 unspecified atom stereocenters. The summed E-state index contributed by atoms with van der Waals surface area (Å²) in [5.41, 5.74) is 0. The molecule has 2 fully saturated rings. The lowest BCUT2D eigenvalue weighted by atomic mass is 10.2. The Hall–Kier alpha value is -0.0100. The summed E-state index contributed by atoms with van der Waals surface area (Å²) in [5.74, 6) is -0.507. The fourth-order valence-corrected chi connectivity index (χ4v) is 5.09. The van der Waals surface area contributed by atoms with Crippen LogP contribution in [-0.4, -0.2) is 45.6 Å². The van der Waals surface area contributed by atoms with E-state index in [2.05, 4.69) is 15.9 Å². The van der Waals surface area contributed by atoms with Crippen LogP contribution in [0.15, 0.2) is 15.9 Å². The number of carbonyl (C=O) groups excluding carboxylic acids is 2. The maximum Gasteiger partial charge on any atom is 0.250 e. The number of carbonyl (C=O) groups is 2. The molecule has 0 radical (unpaired) electrons. The topological polar surface area (TPSA) is 40.6 Å². The molecule has 1 aromatic rings. The Morgan fingerprint density at radius 1 is 1.50 bits per heavy atom. The number of thiophene rings is 1. The minimum Gasteiger partial charge on any atom is -0.332 e. The van der Waals surface area contributed by atoms with E-state index in [0.717, 1.165) is 9.47 Å². The highest BCUT2D eigenvalue weighted by Gasteiger charge is 2.72. The van der Waals surface area contributed by atoms with Crippen molar-refractivity contribution in [3.05, 3.63) is 15.9 Å². The normalized spacial score (nSPS) is 29.8. The van der Waals surface area contributed by atoms with Gasteiger partial charge in [0.2, 0.25) is 11.8 Å². The average molecular weight is 447 g/mol. The Morgan fingerprint density at radius 3 is 2.64 bits per heavy atom. The molecular formula is C13H12BrCl3N2O2S. The van der Waals surface area contributed by atoms with E-state index < -0.39 is 21.2 Å². The van der Waals surface area contributed by atoms with Crippen LogP contribution in [0.25, 0.3) is 0 Å². The monoisotopic (exact) mass is 444 g/mol. The number of hydrogen-bond donors (Lipinski definition) is 0. The van der Waals surface area contributed by atoms with Gasteiger partial charge in [-0.3, -0.25) is 9.59 Å². The predicted molar refractivity (Wildman–Crippen MR) is 93.2 cm³/mol. The van der Waals surface area contributed by atoms with Gasteiger partial charge in [-0.15, -0.1) is 22.9 Å². The minimum absolute atomic E-state index is 0.110. The van der Waals surface area contributed by atoms with Crippen molar-refractivity contribution in [2.75, 3.05) is 18.5 Å². The van der Waals surface area contributed by atoms with Gasteiger partial charge in [-0.05, 0) is 28.4 Å². The molecule has 0 spiro atoms. The summed E-state index contributed by atoms with van der Waals surface area (Å²) in [6, 6.07) is 1.35. The van der Waals surface area contributed by atoms with Crippen molar-refractivity contribution >= 4 is 78.9 Å². The molecule has 2 heterocycles. The Bertz CT molecular complexity index is 653. The molecule has 1 aliphatic carbocycles. The van der Waals surface area contributed by atoms with Gasteiger partial charge in [0.15, 0.2) is 4.87 Å². The first-order chi connectivity index (χ1) is 10.2. The first-order valence-electron chi connectivity index (χ1n) is 6.57. The smallest absolute Gasteiger partial charge is 0.250 e. The standard InChI is InChI=1S/C13H12BrCl3N2O2S/c1-18(11(21)12(15)6-13(12,16)17)8-2-3-19(10(8)20)9-4-7(14)5-22-9/h4-5,8H,2-3,6H2,1H3. The first-order valence-corrected chi connectivity index (χ1v) is 9.37. The first kappa shape index (κ1) is 16.8. The number of nitrogens with zero attached hydrogens (tertiary/aromatic N) is 2. The summed E-state index contributed by atoms with van der Waals surface area (Å²) in [6.45, 7) is 0.566. The van der Waals surface area contributed by atoms with Gasteiger partial charge in [0.1, 0.15) is 10.4 Å². The molecule has 22 heavy (non-hydrogen) atoms. The second-order valence-corrected chi connectivity index (χ2v) is 9.43. The van der Waals surface area contributed by atoms with Crippen molar-refractivity contribution in [3.63, 3.8) is 0 Å². The Labute approximate surface area is 155 Å². The lowest BCUT2D eigenvalue weighted by Gasteiger charge is -2.26. The molecule has 1 saturated carbocycles. The van der Waals surface area contributed by atoms with Crippen LogP contribution in [0.3, 0.4) is 0 Å². The zero-order chi connectivity index (χ0) is 16.3. The molecule has 2 atom stereocenters. The quantitative estimate of drug-likeness (QED) is 0.666. The molecule has 0 bridgehead atoms. The lowest BCUT2D eigenvalue weighted by molar-refractivity contribution is -0.137. The highest BCUT2D eigenvalue weighted by Crippen LogP contribution is 2.62. The number of halogens is 4. The van der Waals surface area contributed by atoms with Crippen LogP contribution in [0, 0.1) is 0 Å². The summed E-state index contributed by atoms with van der Waals surface area (Å²) < 4.78 is -0.320. The van der Waals surface area contributed by atoms with Gasteiger partial charge >= 0.3 is 0 Å². The van der Waals surface area contributed by atoms with Gasteiger partial charge in [0, 0.05) is 29.9 Å². The third kappa shape index (κ3) is 2.57. The van der Waals surface area contributed by atoms with Gasteiger partial charge < -0.3 is 9.80 Å². The maximum atomic E-state index is 12.6. The van der Waals surface area contributed by atoms with E-state index in [1.165, 1.54) is 16.2 Å². The van der Waals surface area contributed by atoms with Gasteiger partial charge in [0.05, 0.1) is 5.00 Å². The van der Waals surface area contributed by atoms with Crippen LogP contribution in [0.1, 0.15) is 12.8 Å². The number of alkyl halides is 3. The van der Waals surface area contributed by atoms with Crippen LogP contribution < -0.4 is 4.90 Å². The van der Waals surface area contributed by atoms with E-state index in [4.69, 9.17) is 34.8 Å². The van der Waals surface area contributed by atoms with Crippen molar-refractivity contribution in [2.24, 2.45) is 0 Å². The van der Waals surface area contributed by atoms with E-state index in [9.17, 15) is 9.59 Å². The molecule has 3 rings (SSSR count). The Balaban J connectivity index is 1.74. The van der Waals surface area contributed by atoms with Crippen molar-refractivity contribution in [1.82, 2.24) is 4.90 Å². The molecule has 120 valence electrons. The van der Waals surface area contributed by atoms with E-state index in [-0.39, 0.29) is 12.3 Å². The molecule has 2 amide bonds. The minimum atomic E-state index is -1.31. The Kier molecular flexibility index (Phi) is 4.22. The largest absolute Gasteiger partial charge is 0.332 e. The number of anilines is 1. The SMILES string of the molecule is CN(C(=O)C1(Cl)CC1(Cl)Cl)C1CCN(c2cc(Br)cs2)C1=O. The number of hydrogen-bond acceptors (Lipinski definition) is 3. The fourth-order valence-electron chi connectivity index (χ4n) is 2.60. The number of amides is 2. The van der Waals surface area contributed by atoms with Gasteiger partial charge in [-0.2, -0.15) is 0 Å². The van der Waals surface area contributed by atoms with Crippen molar-refractivity contribution in [2.45, 2.75) is 28.1 Å². The van der Waals surface area contributed by atoms with Gasteiger partial charge in [0.25, 0.3) is 0 Å². The van der Waals surface area contributed by atoms with Crippen LogP contribution in [0.2, 0.25) is 0 Å². The van der Waals surface area contributed by atoms with Crippen LogP contribution in [0.4, 0.5) is 5.00 Å². The second kappa shape index (κ2) is 5.52. The van der Waals surface area contributed by atoms with Crippen molar-refractivity contribution in [1.29, 1.82) is 0 Å². The van der Waals surface area contributed by atoms with Crippen molar-refractivity contribution < 1.29 is 9.59 Å². The third-order valence-corrected chi connectivity index (χ3v) is 7.48. The molecule has 1 saturated heterocycles. The van der Waals surface area contributed by atoms with Crippen LogP contribution in [0.5, 0.6) is 0 Å². The zero-order valence-electron chi connectivity index (χ0n) is 11.5. The summed E-state index contributed by atoms with van der Waals surface area (Å²) in [6.07, 6.45) is 0.747. The molecule has 0 aromatic carbocycles. The van der Waals surface area contributed by atoms with E-state index >= 15 is 0 Å². The van der Waals surface area contributed by atoms with Crippen molar-refractivity contribution in [3.8, 4) is 0 Å². The number of likely N-dealkylation sites (N-methyl/N-ethyl adjacent to an activating group) is 1. The van der Waals surface area contributed by atoms with E-state index in [1.807, 2.05) is 11.4 Å². The van der Waals surface area contributed by atoms with Gasteiger partial charge in [-0.25, -0.2) is 0 Å². The fraction of sp³-hybridized carbons (Fsp3) is 0.538. The third-order valence-electron chi connectivity index (χ3n) is 4.04. The van der Waals surface area contributed by atoms with Gasteiger partial charge in [-0.1, -0.05) is 23.2 Å². The summed E-state index contributed by atoms with van der Waals surface area (Å²) in [5, 5.41) is 2.77. The molecular weight excluding hydrogens is 434 g/mol. The molecule has 4 nitrogen and oxygen atoms in total. The Morgan fingerprint density at radius 2 is 2.14 bits per heavy atom. The zero-order valence-corrected chi connectivity index (χ0v) is 16.2. The van der Waals surface area contributed by atoms with E-state index in [1.54, 1.807) is 11.9 Å². The molecule has 0 N–H and O–H groups in total.